The first-order chi connectivity index (χ1) is 6.78. The quantitative estimate of drug-likeness (QED) is 0.732. The summed E-state index contributed by atoms with van der Waals surface area (Å²) in [7, 11) is 0. The predicted molar refractivity (Wildman–Crippen MR) is 54.5 cm³/mol. The second-order valence-corrected chi connectivity index (χ2v) is 4.96. The van der Waals surface area contributed by atoms with Gasteiger partial charge in [0.1, 0.15) is 0 Å². The molecular formula is C12H19NO. The molecule has 0 aliphatic heterocycles. The molecule has 0 radical (unpaired) electrons. The zero-order chi connectivity index (χ0) is 10.0. The van der Waals surface area contributed by atoms with E-state index in [-0.39, 0.29) is 11.5 Å². The lowest BCUT2D eigenvalue weighted by molar-refractivity contribution is -0.0407. The van der Waals surface area contributed by atoms with Crippen LogP contribution < -0.4 is 0 Å². The summed E-state index contributed by atoms with van der Waals surface area (Å²) in [6, 6.07) is 2.36. The van der Waals surface area contributed by atoms with Gasteiger partial charge in [-0.3, -0.25) is 0 Å². The van der Waals surface area contributed by atoms with Crippen molar-refractivity contribution in [1.82, 2.24) is 0 Å². The Morgan fingerprint density at radius 1 is 1.14 bits per heavy atom. The van der Waals surface area contributed by atoms with Gasteiger partial charge in [-0.15, -0.1) is 0 Å². The predicted octanol–water partition coefficient (Wildman–Crippen LogP) is 2.62. The van der Waals surface area contributed by atoms with E-state index >= 15 is 0 Å². The van der Waals surface area contributed by atoms with Crippen molar-refractivity contribution < 1.29 is 5.11 Å². The maximum absolute atomic E-state index is 10.2. The van der Waals surface area contributed by atoms with E-state index in [1.807, 2.05) is 0 Å². The Balaban J connectivity index is 1.99. The molecule has 0 aromatic rings. The Morgan fingerprint density at radius 3 is 2.21 bits per heavy atom. The molecule has 0 saturated heterocycles. The van der Waals surface area contributed by atoms with Crippen LogP contribution in [0.2, 0.25) is 0 Å². The maximum atomic E-state index is 10.2. The monoisotopic (exact) mass is 193 g/mol. The van der Waals surface area contributed by atoms with Crippen molar-refractivity contribution in [2.45, 2.75) is 57.5 Å². The molecule has 1 N–H and O–H groups in total. The molecule has 2 aliphatic carbocycles. The first-order valence-electron chi connectivity index (χ1n) is 5.88. The molecule has 0 amide bonds. The van der Waals surface area contributed by atoms with Crippen molar-refractivity contribution in [3.63, 3.8) is 0 Å². The fraction of sp³-hybridized carbons (Fsp3) is 0.917. The molecule has 2 rings (SSSR count). The van der Waals surface area contributed by atoms with Gasteiger partial charge in [-0.1, -0.05) is 25.7 Å². The summed E-state index contributed by atoms with van der Waals surface area (Å²) in [4.78, 5) is 0. The summed E-state index contributed by atoms with van der Waals surface area (Å²) in [5, 5.41) is 19.3. The van der Waals surface area contributed by atoms with Crippen LogP contribution in [0.25, 0.3) is 0 Å². The van der Waals surface area contributed by atoms with Gasteiger partial charge >= 0.3 is 0 Å². The van der Waals surface area contributed by atoms with Gasteiger partial charge in [0.05, 0.1) is 17.6 Å². The number of aliphatic hydroxyl groups excluding tert-OH is 1. The molecule has 2 aliphatic rings. The van der Waals surface area contributed by atoms with E-state index in [1.54, 1.807) is 0 Å². The van der Waals surface area contributed by atoms with Gasteiger partial charge in [0, 0.05) is 0 Å². The van der Waals surface area contributed by atoms with Crippen molar-refractivity contribution in [1.29, 1.82) is 5.26 Å². The van der Waals surface area contributed by atoms with E-state index < -0.39 is 0 Å². The normalized spacial score (nSPS) is 28.9. The van der Waals surface area contributed by atoms with Crippen molar-refractivity contribution in [3.05, 3.63) is 0 Å². The fourth-order valence-electron chi connectivity index (χ4n) is 2.93. The number of hydrogen-bond donors (Lipinski definition) is 1. The average Bonchev–Trinajstić information content (AvgIpc) is 2.18. The standard InChI is InChI=1S/C12H19NO/c13-9-12(7-4-8-12)11(14)10-5-2-1-3-6-10/h10-11,14H,1-8H2. The minimum Gasteiger partial charge on any atom is -0.391 e. The summed E-state index contributed by atoms with van der Waals surface area (Å²) in [6.07, 6.45) is 8.66. The lowest BCUT2D eigenvalue weighted by Crippen LogP contribution is -2.44. The first-order valence-corrected chi connectivity index (χ1v) is 5.88. The second-order valence-electron chi connectivity index (χ2n) is 4.96. The maximum Gasteiger partial charge on any atom is 0.0835 e. The summed E-state index contributed by atoms with van der Waals surface area (Å²) in [6.45, 7) is 0. The van der Waals surface area contributed by atoms with Gasteiger partial charge < -0.3 is 5.11 Å². The first kappa shape index (κ1) is 9.98. The smallest absolute Gasteiger partial charge is 0.0835 e. The molecule has 2 nitrogen and oxygen atoms in total. The van der Waals surface area contributed by atoms with Crippen LogP contribution in [0.4, 0.5) is 0 Å². The van der Waals surface area contributed by atoms with Crippen LogP contribution in [0, 0.1) is 22.7 Å². The highest BCUT2D eigenvalue weighted by atomic mass is 16.3. The molecule has 2 saturated carbocycles. The van der Waals surface area contributed by atoms with Crippen LogP contribution in [0.5, 0.6) is 0 Å². The number of aliphatic hydroxyl groups is 1. The molecule has 0 heterocycles. The van der Waals surface area contributed by atoms with Crippen LogP contribution in [-0.2, 0) is 0 Å². The van der Waals surface area contributed by atoms with Gasteiger partial charge in [-0.05, 0) is 31.6 Å². The van der Waals surface area contributed by atoms with E-state index in [0.717, 1.165) is 32.1 Å². The van der Waals surface area contributed by atoms with Gasteiger partial charge in [-0.25, -0.2) is 0 Å². The van der Waals surface area contributed by atoms with E-state index in [0.29, 0.717) is 5.92 Å². The molecule has 0 aromatic heterocycles. The van der Waals surface area contributed by atoms with E-state index in [1.165, 1.54) is 19.3 Å². The van der Waals surface area contributed by atoms with E-state index in [9.17, 15) is 5.11 Å². The topological polar surface area (TPSA) is 44.0 Å². The Hall–Kier alpha value is -0.550. The highest BCUT2D eigenvalue weighted by Gasteiger charge is 2.46. The summed E-state index contributed by atoms with van der Waals surface area (Å²) >= 11 is 0. The van der Waals surface area contributed by atoms with Crippen molar-refractivity contribution in [2.24, 2.45) is 11.3 Å². The van der Waals surface area contributed by atoms with Crippen LogP contribution in [0.1, 0.15) is 51.4 Å². The van der Waals surface area contributed by atoms with Gasteiger partial charge in [-0.2, -0.15) is 5.26 Å². The average molecular weight is 193 g/mol. The zero-order valence-corrected chi connectivity index (χ0v) is 8.71. The summed E-state index contributed by atoms with van der Waals surface area (Å²) in [5.41, 5.74) is -0.359. The van der Waals surface area contributed by atoms with E-state index in [2.05, 4.69) is 6.07 Å². The number of nitrogens with zero attached hydrogens (tertiary/aromatic N) is 1. The Morgan fingerprint density at radius 2 is 1.79 bits per heavy atom. The van der Waals surface area contributed by atoms with Crippen LogP contribution >= 0.6 is 0 Å². The SMILES string of the molecule is N#CC1(C(O)C2CCCCC2)CCC1. The van der Waals surface area contributed by atoms with Crippen LogP contribution in [0.3, 0.4) is 0 Å². The zero-order valence-electron chi connectivity index (χ0n) is 8.71. The minimum absolute atomic E-state index is 0.346. The number of hydrogen-bond acceptors (Lipinski definition) is 2. The van der Waals surface area contributed by atoms with Gasteiger partial charge in [0.25, 0.3) is 0 Å². The van der Waals surface area contributed by atoms with Crippen LogP contribution in [0.15, 0.2) is 0 Å². The highest BCUT2D eigenvalue weighted by Crippen LogP contribution is 2.47. The molecule has 2 fully saturated rings. The molecule has 0 aromatic carbocycles. The molecule has 14 heavy (non-hydrogen) atoms. The third-order valence-electron chi connectivity index (χ3n) is 4.13. The summed E-state index contributed by atoms with van der Waals surface area (Å²) < 4.78 is 0. The van der Waals surface area contributed by atoms with Gasteiger partial charge in [0.15, 0.2) is 0 Å². The Bertz CT molecular complexity index is 233. The Kier molecular flexibility index (Phi) is 2.78. The summed E-state index contributed by atoms with van der Waals surface area (Å²) in [5.74, 6) is 0.406. The van der Waals surface area contributed by atoms with E-state index in [4.69, 9.17) is 5.26 Å². The molecule has 0 spiro atoms. The molecule has 1 unspecified atom stereocenters. The molecule has 78 valence electrons. The number of rotatable bonds is 2. The van der Waals surface area contributed by atoms with Crippen molar-refractivity contribution in [3.8, 4) is 6.07 Å². The molecule has 1 atom stereocenters. The third kappa shape index (κ3) is 1.54. The fourth-order valence-corrected chi connectivity index (χ4v) is 2.93. The van der Waals surface area contributed by atoms with Crippen molar-refractivity contribution in [2.75, 3.05) is 0 Å². The second kappa shape index (κ2) is 3.90. The molecule has 0 bridgehead atoms. The number of nitriles is 1. The highest BCUT2D eigenvalue weighted by molar-refractivity contribution is 5.10. The largest absolute Gasteiger partial charge is 0.391 e. The molecule has 2 heteroatoms. The van der Waals surface area contributed by atoms with Crippen molar-refractivity contribution >= 4 is 0 Å². The third-order valence-corrected chi connectivity index (χ3v) is 4.13. The molecular weight excluding hydrogens is 174 g/mol. The lowest BCUT2D eigenvalue weighted by Gasteiger charge is -2.43. The van der Waals surface area contributed by atoms with Crippen LogP contribution in [-0.4, -0.2) is 11.2 Å². The van der Waals surface area contributed by atoms with Gasteiger partial charge in [0.2, 0.25) is 0 Å². The lowest BCUT2D eigenvalue weighted by atomic mass is 9.61. The minimum atomic E-state index is -0.359. The Labute approximate surface area is 85.9 Å².